The Hall–Kier alpha value is -0.780. The molecule has 76 valence electrons. The van der Waals surface area contributed by atoms with E-state index < -0.39 is 11.1 Å². The van der Waals surface area contributed by atoms with Gasteiger partial charge in [0.05, 0.1) is 9.92 Å². The van der Waals surface area contributed by atoms with Gasteiger partial charge in [-0.15, -0.1) is 0 Å². The fraction of sp³-hybridized carbons (Fsp3) is 0.250. The number of ether oxygens (including phenoxy) is 2. The third-order valence-corrected chi connectivity index (χ3v) is 2.92. The van der Waals surface area contributed by atoms with E-state index in [0.717, 1.165) is 0 Å². The average Bonchev–Trinajstić information content (AvgIpc) is 2.16. The summed E-state index contributed by atoms with van der Waals surface area (Å²) in [5, 5.41) is 0.204. The van der Waals surface area contributed by atoms with Crippen LogP contribution in [0.1, 0.15) is 0 Å². The van der Waals surface area contributed by atoms with Crippen LogP contribution in [-0.4, -0.2) is 22.0 Å². The molecule has 1 aliphatic rings. The quantitative estimate of drug-likeness (QED) is 0.752. The molecular formula is C8H7ClO4S. The van der Waals surface area contributed by atoms with Crippen molar-refractivity contribution in [3.63, 3.8) is 0 Å². The number of halogens is 1. The smallest absolute Gasteiger partial charge is 0.188 e. The molecule has 1 aromatic carbocycles. The Kier molecular flexibility index (Phi) is 2.62. The van der Waals surface area contributed by atoms with E-state index in [9.17, 15) is 4.21 Å². The van der Waals surface area contributed by atoms with Gasteiger partial charge in [0.15, 0.2) is 22.6 Å². The van der Waals surface area contributed by atoms with Gasteiger partial charge < -0.3 is 14.0 Å². The zero-order valence-electron chi connectivity index (χ0n) is 7.03. The van der Waals surface area contributed by atoms with Crippen LogP contribution < -0.4 is 9.47 Å². The number of fused-ring (bicyclic) bond motifs is 1. The van der Waals surface area contributed by atoms with Crippen LogP contribution in [0.2, 0.25) is 5.02 Å². The fourth-order valence-corrected chi connectivity index (χ4v) is 1.96. The summed E-state index contributed by atoms with van der Waals surface area (Å²) in [6.07, 6.45) is 0. The van der Waals surface area contributed by atoms with E-state index in [2.05, 4.69) is 0 Å². The molecule has 0 amide bonds. The molecule has 0 spiro atoms. The molecule has 6 heteroatoms. The zero-order valence-corrected chi connectivity index (χ0v) is 8.60. The molecule has 4 nitrogen and oxygen atoms in total. The standard InChI is InChI=1S/C8H7ClO4S/c9-5-3-6-7(13-2-1-12-6)4-8(5)14(10)11/h3-4H,1-2H2,(H,10,11). The van der Waals surface area contributed by atoms with Crippen LogP contribution in [-0.2, 0) is 11.1 Å². The van der Waals surface area contributed by atoms with E-state index in [1.165, 1.54) is 12.1 Å². The minimum absolute atomic E-state index is 0.135. The lowest BCUT2D eigenvalue weighted by Crippen LogP contribution is -2.15. The Labute approximate surface area is 88.1 Å². The van der Waals surface area contributed by atoms with Gasteiger partial charge in [-0.3, -0.25) is 0 Å². The average molecular weight is 235 g/mol. The fourth-order valence-electron chi connectivity index (χ4n) is 1.18. The van der Waals surface area contributed by atoms with Gasteiger partial charge in [0, 0.05) is 12.1 Å². The molecule has 0 radical (unpaired) electrons. The molecule has 0 aliphatic carbocycles. The van der Waals surface area contributed by atoms with E-state index in [4.69, 9.17) is 25.6 Å². The Morgan fingerprint density at radius 2 is 1.86 bits per heavy atom. The number of hydrogen-bond donors (Lipinski definition) is 1. The maximum atomic E-state index is 10.8. The van der Waals surface area contributed by atoms with E-state index in [-0.39, 0.29) is 9.92 Å². The molecule has 2 rings (SSSR count). The Balaban J connectivity index is 2.50. The molecule has 0 saturated heterocycles. The number of rotatable bonds is 1. The van der Waals surface area contributed by atoms with E-state index in [1.54, 1.807) is 0 Å². The van der Waals surface area contributed by atoms with Crippen LogP contribution in [0, 0.1) is 0 Å². The van der Waals surface area contributed by atoms with Crippen molar-refractivity contribution in [2.75, 3.05) is 13.2 Å². The van der Waals surface area contributed by atoms with Crippen LogP contribution >= 0.6 is 11.6 Å². The lowest BCUT2D eigenvalue weighted by atomic mass is 10.3. The molecule has 0 bridgehead atoms. The van der Waals surface area contributed by atoms with Gasteiger partial charge in [-0.2, -0.15) is 0 Å². The molecule has 1 heterocycles. The van der Waals surface area contributed by atoms with E-state index in [1.807, 2.05) is 0 Å². The third-order valence-electron chi connectivity index (χ3n) is 1.78. The monoisotopic (exact) mass is 234 g/mol. The van der Waals surface area contributed by atoms with Crippen molar-refractivity contribution in [3.05, 3.63) is 17.2 Å². The molecule has 1 atom stereocenters. The summed E-state index contributed by atoms with van der Waals surface area (Å²) >= 11 is 3.66. The molecule has 0 saturated carbocycles. The largest absolute Gasteiger partial charge is 0.486 e. The van der Waals surface area contributed by atoms with E-state index >= 15 is 0 Å². The van der Waals surface area contributed by atoms with Crippen molar-refractivity contribution >= 4 is 22.7 Å². The van der Waals surface area contributed by atoms with Gasteiger partial charge in [0.1, 0.15) is 13.2 Å². The molecule has 1 aromatic rings. The number of benzene rings is 1. The summed E-state index contributed by atoms with van der Waals surface area (Å²) in [7, 11) is 0. The third kappa shape index (κ3) is 1.70. The van der Waals surface area contributed by atoms with E-state index in [0.29, 0.717) is 24.7 Å². The predicted octanol–water partition coefficient (Wildman–Crippen LogP) is 1.69. The minimum Gasteiger partial charge on any atom is -0.486 e. The highest BCUT2D eigenvalue weighted by Crippen LogP contribution is 2.36. The second-order valence-electron chi connectivity index (χ2n) is 2.68. The minimum atomic E-state index is -2.11. The second-order valence-corrected chi connectivity index (χ2v) is 4.02. The topological polar surface area (TPSA) is 55.8 Å². The molecule has 0 fully saturated rings. The Morgan fingerprint density at radius 1 is 1.29 bits per heavy atom. The van der Waals surface area contributed by atoms with Gasteiger partial charge in [-0.1, -0.05) is 11.6 Å². The first-order valence-corrected chi connectivity index (χ1v) is 5.37. The highest BCUT2D eigenvalue weighted by atomic mass is 35.5. The molecule has 14 heavy (non-hydrogen) atoms. The lowest BCUT2D eigenvalue weighted by Gasteiger charge is -2.18. The SMILES string of the molecule is O=S(O)c1cc2c(cc1Cl)OCCO2. The summed E-state index contributed by atoms with van der Waals surface area (Å²) in [6, 6.07) is 2.91. The zero-order chi connectivity index (χ0) is 10.1. The van der Waals surface area contributed by atoms with Crippen molar-refractivity contribution in [1.29, 1.82) is 0 Å². The highest BCUT2D eigenvalue weighted by molar-refractivity contribution is 7.79. The molecule has 0 aromatic heterocycles. The summed E-state index contributed by atoms with van der Waals surface area (Å²) in [5.74, 6) is 0.966. The van der Waals surface area contributed by atoms with Gasteiger partial charge in [0.2, 0.25) is 0 Å². The van der Waals surface area contributed by atoms with Gasteiger partial charge in [0.25, 0.3) is 0 Å². The van der Waals surface area contributed by atoms with Crippen molar-refractivity contribution < 1.29 is 18.2 Å². The predicted molar refractivity (Wildman–Crippen MR) is 51.5 cm³/mol. The maximum Gasteiger partial charge on any atom is 0.188 e. The summed E-state index contributed by atoms with van der Waals surface area (Å²) in [6.45, 7) is 0.900. The van der Waals surface area contributed by atoms with Crippen molar-refractivity contribution in [1.82, 2.24) is 0 Å². The molecule has 1 N–H and O–H groups in total. The Morgan fingerprint density at radius 3 is 2.43 bits per heavy atom. The van der Waals surface area contributed by atoms with Crippen molar-refractivity contribution in [2.24, 2.45) is 0 Å². The van der Waals surface area contributed by atoms with Crippen LogP contribution in [0.25, 0.3) is 0 Å². The first kappa shape index (κ1) is 9.76. The van der Waals surface area contributed by atoms with Gasteiger partial charge in [-0.05, 0) is 0 Å². The normalized spacial score (nSPS) is 16.4. The Bertz CT molecular complexity index is 393. The molecule has 1 aliphatic heterocycles. The second kappa shape index (κ2) is 3.76. The molecule has 1 unspecified atom stereocenters. The molecular weight excluding hydrogens is 228 g/mol. The highest BCUT2D eigenvalue weighted by Gasteiger charge is 2.17. The van der Waals surface area contributed by atoms with Crippen LogP contribution in [0.5, 0.6) is 11.5 Å². The van der Waals surface area contributed by atoms with Crippen LogP contribution in [0.15, 0.2) is 17.0 Å². The summed E-state index contributed by atoms with van der Waals surface area (Å²) in [4.78, 5) is 0.135. The first-order chi connectivity index (χ1) is 6.68. The maximum absolute atomic E-state index is 10.8. The van der Waals surface area contributed by atoms with Crippen LogP contribution in [0.4, 0.5) is 0 Å². The first-order valence-electron chi connectivity index (χ1n) is 3.88. The van der Waals surface area contributed by atoms with Crippen LogP contribution in [0.3, 0.4) is 0 Å². The summed E-state index contributed by atoms with van der Waals surface area (Å²) < 4.78 is 30.2. The van der Waals surface area contributed by atoms with Crippen molar-refractivity contribution in [2.45, 2.75) is 4.90 Å². The van der Waals surface area contributed by atoms with Crippen molar-refractivity contribution in [3.8, 4) is 11.5 Å². The summed E-state index contributed by atoms with van der Waals surface area (Å²) in [5.41, 5.74) is 0. The lowest BCUT2D eigenvalue weighted by molar-refractivity contribution is 0.171. The van der Waals surface area contributed by atoms with Gasteiger partial charge >= 0.3 is 0 Å². The van der Waals surface area contributed by atoms with Gasteiger partial charge in [-0.25, -0.2) is 4.21 Å². The number of hydrogen-bond acceptors (Lipinski definition) is 3.